The molecule has 0 radical (unpaired) electrons. The Hall–Kier alpha value is -2.17. The molecule has 0 spiro atoms. The van der Waals surface area contributed by atoms with Gasteiger partial charge in [0, 0.05) is 19.3 Å². The van der Waals surface area contributed by atoms with E-state index in [0.717, 1.165) is 50.3 Å². The highest BCUT2D eigenvalue weighted by Crippen LogP contribution is 2.35. The number of unbranched alkanes of at least 4 members (excludes halogenated alkanes) is 6. The van der Waals surface area contributed by atoms with Crippen molar-refractivity contribution < 1.29 is 14.3 Å². The Morgan fingerprint density at radius 3 is 1.75 bits per heavy atom. The van der Waals surface area contributed by atoms with Crippen LogP contribution in [0, 0.1) is 0 Å². The number of para-hydroxylation sites is 2. The summed E-state index contributed by atoms with van der Waals surface area (Å²) in [5.41, 5.74) is 4.36. The van der Waals surface area contributed by atoms with Gasteiger partial charge >= 0.3 is 0 Å². The number of hydrogen-bond acceptors (Lipinski definition) is 3. The summed E-state index contributed by atoms with van der Waals surface area (Å²) in [5, 5.41) is 0. The lowest BCUT2D eigenvalue weighted by Crippen LogP contribution is -2.28. The molecule has 4 nitrogen and oxygen atoms in total. The lowest BCUT2D eigenvalue weighted by atomic mass is 10.0. The molecule has 1 amide bonds. The largest absolute Gasteiger partial charge is 0.373 e. The molecule has 4 rings (SSSR count). The average molecular weight is 436 g/mol. The third-order valence-corrected chi connectivity index (χ3v) is 6.41. The van der Waals surface area contributed by atoms with E-state index >= 15 is 0 Å². The quantitative estimate of drug-likeness (QED) is 0.256. The minimum atomic E-state index is 0.187. The molecule has 32 heavy (non-hydrogen) atoms. The summed E-state index contributed by atoms with van der Waals surface area (Å²) in [4.78, 5) is 15.6. The van der Waals surface area contributed by atoms with Crippen molar-refractivity contribution in [1.82, 2.24) is 0 Å². The summed E-state index contributed by atoms with van der Waals surface area (Å²) in [7, 11) is 0. The molecule has 2 heterocycles. The predicted molar refractivity (Wildman–Crippen MR) is 130 cm³/mol. The second-order valence-corrected chi connectivity index (χ2v) is 9.18. The van der Waals surface area contributed by atoms with Gasteiger partial charge < -0.3 is 9.47 Å². The van der Waals surface area contributed by atoms with Gasteiger partial charge in [0.15, 0.2) is 0 Å². The second kappa shape index (κ2) is 11.6. The van der Waals surface area contributed by atoms with Crippen LogP contribution in [0.3, 0.4) is 0 Å². The monoisotopic (exact) mass is 435 g/mol. The third kappa shape index (κ3) is 6.66. The molecular formula is C28H37NO3. The Balaban J connectivity index is 1.52. The van der Waals surface area contributed by atoms with E-state index in [1.54, 1.807) is 0 Å². The van der Waals surface area contributed by atoms with Crippen molar-refractivity contribution in [2.75, 3.05) is 18.1 Å². The highest BCUT2D eigenvalue weighted by molar-refractivity contribution is 6.01. The molecule has 0 saturated carbocycles. The van der Waals surface area contributed by atoms with Crippen LogP contribution in [0.1, 0.15) is 69.4 Å². The van der Waals surface area contributed by atoms with Gasteiger partial charge in [-0.05, 0) is 29.7 Å². The van der Waals surface area contributed by atoms with Crippen molar-refractivity contribution in [2.45, 2.75) is 83.3 Å². The summed E-state index contributed by atoms with van der Waals surface area (Å²) in [6.45, 7) is 3.87. The Labute approximate surface area is 192 Å². The van der Waals surface area contributed by atoms with Crippen molar-refractivity contribution in [2.24, 2.45) is 0 Å². The highest BCUT2D eigenvalue weighted by Gasteiger charge is 2.29. The van der Waals surface area contributed by atoms with E-state index in [1.807, 2.05) is 17.0 Å². The van der Waals surface area contributed by atoms with E-state index in [-0.39, 0.29) is 18.1 Å². The van der Waals surface area contributed by atoms with Gasteiger partial charge in [-0.25, -0.2) is 0 Å². The molecule has 0 aromatic heterocycles. The van der Waals surface area contributed by atoms with Crippen molar-refractivity contribution in [3.8, 4) is 0 Å². The van der Waals surface area contributed by atoms with Gasteiger partial charge in [0.05, 0.1) is 36.8 Å². The summed E-state index contributed by atoms with van der Waals surface area (Å²) in [5.74, 6) is 0.187. The summed E-state index contributed by atoms with van der Waals surface area (Å²) < 4.78 is 11.0. The first-order chi connectivity index (χ1) is 15.8. The maximum Gasteiger partial charge on any atom is 0.231 e. The summed E-state index contributed by atoms with van der Waals surface area (Å²) in [6.07, 6.45) is 11.3. The molecule has 2 saturated heterocycles. The molecule has 2 unspecified atom stereocenters. The fourth-order valence-corrected chi connectivity index (χ4v) is 4.41. The van der Waals surface area contributed by atoms with Crippen molar-refractivity contribution in [3.05, 3.63) is 59.7 Å². The predicted octanol–water partition coefficient (Wildman–Crippen LogP) is 6.37. The zero-order valence-electron chi connectivity index (χ0n) is 19.4. The lowest BCUT2D eigenvalue weighted by molar-refractivity contribution is -0.118. The minimum absolute atomic E-state index is 0.187. The second-order valence-electron chi connectivity index (χ2n) is 9.18. The van der Waals surface area contributed by atoms with E-state index in [0.29, 0.717) is 6.42 Å². The van der Waals surface area contributed by atoms with E-state index in [1.165, 1.54) is 43.2 Å². The number of benzene rings is 2. The molecule has 0 aliphatic carbocycles. The van der Waals surface area contributed by atoms with Crippen molar-refractivity contribution >= 4 is 17.3 Å². The molecule has 2 fully saturated rings. The van der Waals surface area contributed by atoms with Gasteiger partial charge in [-0.3, -0.25) is 9.69 Å². The molecule has 2 atom stereocenters. The Kier molecular flexibility index (Phi) is 8.36. The maximum absolute atomic E-state index is 13.7. The molecule has 2 aliphatic heterocycles. The van der Waals surface area contributed by atoms with Gasteiger partial charge in [-0.1, -0.05) is 81.8 Å². The minimum Gasteiger partial charge on any atom is -0.373 e. The molecule has 0 N–H and O–H groups in total. The van der Waals surface area contributed by atoms with Gasteiger partial charge in [0.2, 0.25) is 5.91 Å². The van der Waals surface area contributed by atoms with Crippen molar-refractivity contribution in [1.29, 1.82) is 0 Å². The standard InChI is InChI=1S/C28H37NO3/c1-2-3-4-5-6-7-8-17-28(30)29(26-15-11-9-13-22(26)18-24-20-31-24)27-16-12-10-14-23(27)19-25-21-32-25/h9-16,24-25H,2-8,17-21H2,1H3. The first kappa shape index (κ1) is 23.0. The van der Waals surface area contributed by atoms with Crippen LogP contribution in [0.2, 0.25) is 0 Å². The molecule has 2 aromatic carbocycles. The number of anilines is 2. The highest BCUT2D eigenvalue weighted by atomic mass is 16.6. The van der Waals surface area contributed by atoms with Crippen LogP contribution < -0.4 is 4.90 Å². The first-order valence-electron chi connectivity index (χ1n) is 12.5. The van der Waals surface area contributed by atoms with Gasteiger partial charge in [-0.2, -0.15) is 0 Å². The molecule has 172 valence electrons. The van der Waals surface area contributed by atoms with E-state index in [4.69, 9.17) is 9.47 Å². The smallest absolute Gasteiger partial charge is 0.231 e. The molecule has 4 heteroatoms. The van der Waals surface area contributed by atoms with Crippen LogP contribution in [0.25, 0.3) is 0 Å². The topological polar surface area (TPSA) is 45.4 Å². The van der Waals surface area contributed by atoms with Crippen LogP contribution >= 0.6 is 0 Å². The molecular weight excluding hydrogens is 398 g/mol. The number of nitrogens with zero attached hydrogens (tertiary/aromatic N) is 1. The maximum atomic E-state index is 13.7. The van der Waals surface area contributed by atoms with E-state index in [9.17, 15) is 4.79 Å². The van der Waals surface area contributed by atoms with Crippen molar-refractivity contribution in [3.63, 3.8) is 0 Å². The molecule has 0 bridgehead atoms. The van der Waals surface area contributed by atoms with Gasteiger partial charge in [-0.15, -0.1) is 0 Å². The first-order valence-corrected chi connectivity index (χ1v) is 12.5. The van der Waals surface area contributed by atoms with Crippen LogP contribution in [-0.2, 0) is 27.1 Å². The zero-order chi connectivity index (χ0) is 22.2. The molecule has 2 aromatic rings. The normalized spacial score (nSPS) is 19.0. The Morgan fingerprint density at radius 1 is 0.781 bits per heavy atom. The molecule has 2 aliphatic rings. The zero-order valence-corrected chi connectivity index (χ0v) is 19.4. The van der Waals surface area contributed by atoms with Crippen LogP contribution in [0.15, 0.2) is 48.5 Å². The van der Waals surface area contributed by atoms with E-state index < -0.39 is 0 Å². The summed E-state index contributed by atoms with van der Waals surface area (Å²) in [6, 6.07) is 16.6. The van der Waals surface area contributed by atoms with Gasteiger partial charge in [0.1, 0.15) is 0 Å². The number of amides is 1. The average Bonchev–Trinajstić information content (AvgIpc) is 3.73. The van der Waals surface area contributed by atoms with E-state index in [2.05, 4.69) is 43.3 Å². The lowest BCUT2D eigenvalue weighted by Gasteiger charge is -2.28. The number of epoxide rings is 2. The fraction of sp³-hybridized carbons (Fsp3) is 0.536. The van der Waals surface area contributed by atoms with Crippen LogP contribution in [-0.4, -0.2) is 31.3 Å². The Morgan fingerprint density at radius 2 is 1.25 bits per heavy atom. The number of carbonyl (C=O) groups is 1. The fourth-order valence-electron chi connectivity index (χ4n) is 4.41. The number of hydrogen-bond donors (Lipinski definition) is 0. The van der Waals surface area contributed by atoms with Crippen LogP contribution in [0.4, 0.5) is 11.4 Å². The summed E-state index contributed by atoms with van der Waals surface area (Å²) >= 11 is 0. The number of rotatable bonds is 14. The Bertz CT molecular complexity index is 815. The number of ether oxygens (including phenoxy) is 2. The van der Waals surface area contributed by atoms with Gasteiger partial charge in [0.25, 0.3) is 0 Å². The SMILES string of the molecule is CCCCCCCCCC(=O)N(c1ccccc1CC1CO1)c1ccccc1CC1CO1. The third-order valence-electron chi connectivity index (χ3n) is 6.41. The number of carbonyl (C=O) groups excluding carboxylic acids is 1. The van der Waals surface area contributed by atoms with Crippen LogP contribution in [0.5, 0.6) is 0 Å².